The van der Waals surface area contributed by atoms with Crippen molar-refractivity contribution in [1.29, 1.82) is 0 Å². The molecule has 0 aromatic carbocycles. The molecule has 0 saturated carbocycles. The second kappa shape index (κ2) is 16.3. The standard InChI is InChI=1S/C21H33NO4/c1-3-23-15-9-5-7-11-17-25-20-13-14-21(22-19-20)26-18-12-8-6-10-16-24-4-2/h3-4,13-14,19H,1-2,5-12,15-18H2. The van der Waals surface area contributed by atoms with Crippen molar-refractivity contribution in [2.24, 2.45) is 0 Å². The van der Waals surface area contributed by atoms with Gasteiger partial charge in [-0.3, -0.25) is 0 Å². The topological polar surface area (TPSA) is 49.8 Å². The summed E-state index contributed by atoms with van der Waals surface area (Å²) in [7, 11) is 0. The lowest BCUT2D eigenvalue weighted by molar-refractivity contribution is 0.238. The Labute approximate surface area is 158 Å². The van der Waals surface area contributed by atoms with Crippen LogP contribution < -0.4 is 9.47 Å². The van der Waals surface area contributed by atoms with Crippen LogP contribution in [0, 0.1) is 0 Å². The molecule has 0 fully saturated rings. The molecule has 5 nitrogen and oxygen atoms in total. The van der Waals surface area contributed by atoms with Gasteiger partial charge in [-0.25, -0.2) is 4.98 Å². The highest BCUT2D eigenvalue weighted by Crippen LogP contribution is 2.15. The molecular formula is C21H33NO4. The number of nitrogens with zero attached hydrogens (tertiary/aromatic N) is 1. The number of pyridine rings is 1. The van der Waals surface area contributed by atoms with E-state index in [1.54, 1.807) is 6.20 Å². The first-order chi connectivity index (χ1) is 12.9. The average Bonchev–Trinajstić information content (AvgIpc) is 2.67. The van der Waals surface area contributed by atoms with Crippen molar-refractivity contribution in [3.05, 3.63) is 44.0 Å². The summed E-state index contributed by atoms with van der Waals surface area (Å²) >= 11 is 0. The molecule has 0 bridgehead atoms. The van der Waals surface area contributed by atoms with Crippen molar-refractivity contribution >= 4 is 0 Å². The summed E-state index contributed by atoms with van der Waals surface area (Å²) in [5.41, 5.74) is 0. The molecule has 1 aromatic rings. The van der Waals surface area contributed by atoms with Crippen LogP contribution in [0.1, 0.15) is 51.4 Å². The minimum Gasteiger partial charge on any atom is -0.502 e. The van der Waals surface area contributed by atoms with Crippen LogP contribution in [0.5, 0.6) is 11.6 Å². The zero-order chi connectivity index (χ0) is 18.7. The molecule has 5 heteroatoms. The van der Waals surface area contributed by atoms with E-state index in [1.807, 2.05) is 12.1 Å². The Morgan fingerprint density at radius 3 is 1.73 bits per heavy atom. The summed E-state index contributed by atoms with van der Waals surface area (Å²) in [5.74, 6) is 1.43. The van der Waals surface area contributed by atoms with E-state index in [0.717, 1.165) is 70.3 Å². The Bertz CT molecular complexity index is 419. The molecule has 1 rings (SSSR count). The molecular weight excluding hydrogens is 330 g/mol. The number of rotatable bonds is 18. The van der Waals surface area contributed by atoms with Crippen molar-refractivity contribution in [2.45, 2.75) is 51.4 Å². The molecule has 146 valence electrons. The van der Waals surface area contributed by atoms with Crippen LogP contribution in [0.3, 0.4) is 0 Å². The summed E-state index contributed by atoms with van der Waals surface area (Å²) in [6.07, 6.45) is 13.4. The Hall–Kier alpha value is -2.17. The van der Waals surface area contributed by atoms with Crippen molar-refractivity contribution in [1.82, 2.24) is 4.98 Å². The van der Waals surface area contributed by atoms with Gasteiger partial charge >= 0.3 is 0 Å². The smallest absolute Gasteiger partial charge is 0.213 e. The summed E-state index contributed by atoms with van der Waals surface area (Å²) in [4.78, 5) is 4.28. The third kappa shape index (κ3) is 12.2. The maximum absolute atomic E-state index is 5.69. The minimum atomic E-state index is 0.648. The van der Waals surface area contributed by atoms with Crippen molar-refractivity contribution in [3.8, 4) is 11.6 Å². The van der Waals surface area contributed by atoms with Crippen LogP contribution >= 0.6 is 0 Å². The zero-order valence-corrected chi connectivity index (χ0v) is 15.9. The molecule has 0 N–H and O–H groups in total. The fourth-order valence-electron chi connectivity index (χ4n) is 2.35. The first-order valence-corrected chi connectivity index (χ1v) is 9.53. The molecule has 1 aromatic heterocycles. The average molecular weight is 363 g/mol. The molecule has 0 aliphatic heterocycles. The van der Waals surface area contributed by atoms with Gasteiger partial charge < -0.3 is 18.9 Å². The van der Waals surface area contributed by atoms with Crippen LogP contribution in [-0.2, 0) is 9.47 Å². The van der Waals surface area contributed by atoms with Crippen LogP contribution in [0.15, 0.2) is 44.0 Å². The summed E-state index contributed by atoms with van der Waals surface area (Å²) < 4.78 is 21.5. The number of hydrogen-bond donors (Lipinski definition) is 0. The molecule has 0 saturated heterocycles. The SMILES string of the molecule is C=COCCCCCCOc1ccc(OCCCCCCOC=C)nc1. The van der Waals surface area contributed by atoms with Gasteiger partial charge in [0.1, 0.15) is 5.75 Å². The van der Waals surface area contributed by atoms with Crippen molar-refractivity contribution in [3.63, 3.8) is 0 Å². The number of unbranched alkanes of at least 4 members (excludes halogenated alkanes) is 6. The first-order valence-electron chi connectivity index (χ1n) is 9.53. The van der Waals surface area contributed by atoms with E-state index < -0.39 is 0 Å². The molecule has 1 heterocycles. The zero-order valence-electron chi connectivity index (χ0n) is 15.9. The lowest BCUT2D eigenvalue weighted by atomic mass is 10.2. The molecule has 0 spiro atoms. The van der Waals surface area contributed by atoms with E-state index in [4.69, 9.17) is 18.9 Å². The Morgan fingerprint density at radius 2 is 1.23 bits per heavy atom. The second-order valence-electron chi connectivity index (χ2n) is 5.93. The lowest BCUT2D eigenvalue weighted by Crippen LogP contribution is -2.01. The molecule has 0 unspecified atom stereocenters. The van der Waals surface area contributed by atoms with Crippen LogP contribution in [-0.4, -0.2) is 31.4 Å². The van der Waals surface area contributed by atoms with Gasteiger partial charge in [0.15, 0.2) is 0 Å². The Balaban J connectivity index is 1.99. The maximum atomic E-state index is 5.69. The van der Waals surface area contributed by atoms with E-state index in [0.29, 0.717) is 19.1 Å². The van der Waals surface area contributed by atoms with Gasteiger partial charge in [-0.15, -0.1) is 0 Å². The minimum absolute atomic E-state index is 0.648. The molecule has 0 amide bonds. The Kier molecular flexibility index (Phi) is 13.7. The van der Waals surface area contributed by atoms with Gasteiger partial charge in [-0.05, 0) is 57.4 Å². The van der Waals surface area contributed by atoms with E-state index in [2.05, 4.69) is 18.1 Å². The predicted octanol–water partition coefficient (Wildman–Crippen LogP) is 5.28. The van der Waals surface area contributed by atoms with Crippen LogP contribution in [0.4, 0.5) is 0 Å². The molecule has 0 aliphatic carbocycles. The number of aromatic nitrogens is 1. The fourth-order valence-corrected chi connectivity index (χ4v) is 2.35. The fraction of sp³-hybridized carbons (Fsp3) is 0.571. The maximum Gasteiger partial charge on any atom is 0.213 e. The third-order valence-electron chi connectivity index (χ3n) is 3.78. The quantitative estimate of drug-likeness (QED) is 0.262. The van der Waals surface area contributed by atoms with Crippen molar-refractivity contribution < 1.29 is 18.9 Å². The highest BCUT2D eigenvalue weighted by molar-refractivity contribution is 5.22. The molecule has 26 heavy (non-hydrogen) atoms. The van der Waals surface area contributed by atoms with Gasteiger partial charge in [0.05, 0.1) is 45.1 Å². The summed E-state index contributed by atoms with van der Waals surface area (Å²) in [6.45, 7) is 9.93. The summed E-state index contributed by atoms with van der Waals surface area (Å²) in [5, 5.41) is 0. The van der Waals surface area contributed by atoms with E-state index in [-0.39, 0.29) is 0 Å². The third-order valence-corrected chi connectivity index (χ3v) is 3.78. The largest absolute Gasteiger partial charge is 0.502 e. The first kappa shape index (κ1) is 21.9. The highest BCUT2D eigenvalue weighted by Gasteiger charge is 1.99. The molecule has 0 atom stereocenters. The van der Waals surface area contributed by atoms with Gasteiger partial charge in [-0.2, -0.15) is 0 Å². The normalized spacial score (nSPS) is 10.2. The van der Waals surface area contributed by atoms with E-state index in [1.165, 1.54) is 12.5 Å². The number of hydrogen-bond acceptors (Lipinski definition) is 5. The Morgan fingerprint density at radius 1 is 0.692 bits per heavy atom. The lowest BCUT2D eigenvalue weighted by Gasteiger charge is -2.08. The predicted molar refractivity (Wildman–Crippen MR) is 104 cm³/mol. The van der Waals surface area contributed by atoms with Gasteiger partial charge in [0.2, 0.25) is 5.88 Å². The van der Waals surface area contributed by atoms with Gasteiger partial charge in [0, 0.05) is 6.07 Å². The highest BCUT2D eigenvalue weighted by atomic mass is 16.5. The van der Waals surface area contributed by atoms with E-state index in [9.17, 15) is 0 Å². The molecule has 0 aliphatic rings. The van der Waals surface area contributed by atoms with Crippen LogP contribution in [0.2, 0.25) is 0 Å². The monoisotopic (exact) mass is 363 g/mol. The second-order valence-corrected chi connectivity index (χ2v) is 5.93. The van der Waals surface area contributed by atoms with Gasteiger partial charge in [0.25, 0.3) is 0 Å². The molecule has 0 radical (unpaired) electrons. The summed E-state index contributed by atoms with van der Waals surface area (Å²) in [6, 6.07) is 3.77. The van der Waals surface area contributed by atoms with Crippen LogP contribution in [0.25, 0.3) is 0 Å². The van der Waals surface area contributed by atoms with Gasteiger partial charge in [-0.1, -0.05) is 13.2 Å². The van der Waals surface area contributed by atoms with E-state index >= 15 is 0 Å². The van der Waals surface area contributed by atoms with Crippen molar-refractivity contribution in [2.75, 3.05) is 26.4 Å². The number of ether oxygens (including phenoxy) is 4.